The fraction of sp³-hybridized carbons (Fsp3) is 0.500. The average molecular weight is 358 g/mol. The standard InChI is InChI=1S/C20H26N2O4/c1-13(2)18-12-15(21-26-18)16-6-5-9-22(16)20(23)11-14-7-8-17(24-3)19(10-14)25-4/h7-8,10,12-13,16H,5-6,9,11H2,1-4H3. The van der Waals surface area contributed by atoms with Gasteiger partial charge >= 0.3 is 0 Å². The number of carbonyl (C=O) groups is 1. The molecule has 1 fully saturated rings. The summed E-state index contributed by atoms with van der Waals surface area (Å²) in [4.78, 5) is 14.8. The minimum atomic E-state index is -0.00102. The Morgan fingerprint density at radius 2 is 2.04 bits per heavy atom. The van der Waals surface area contributed by atoms with Gasteiger partial charge in [0.2, 0.25) is 5.91 Å². The lowest BCUT2D eigenvalue weighted by atomic mass is 10.1. The molecule has 0 saturated carbocycles. The highest BCUT2D eigenvalue weighted by Gasteiger charge is 2.32. The van der Waals surface area contributed by atoms with Crippen LogP contribution in [0.15, 0.2) is 28.8 Å². The van der Waals surface area contributed by atoms with Crippen molar-refractivity contribution in [2.45, 2.75) is 45.1 Å². The molecule has 6 nitrogen and oxygen atoms in total. The lowest BCUT2D eigenvalue weighted by molar-refractivity contribution is -0.131. The van der Waals surface area contributed by atoms with Crippen molar-refractivity contribution < 1.29 is 18.8 Å². The van der Waals surface area contributed by atoms with Crippen molar-refractivity contribution in [3.63, 3.8) is 0 Å². The Bertz CT molecular complexity index is 769. The molecule has 2 heterocycles. The number of hydrogen-bond donors (Lipinski definition) is 0. The predicted molar refractivity (Wildman–Crippen MR) is 97.5 cm³/mol. The summed E-state index contributed by atoms with van der Waals surface area (Å²) < 4.78 is 16.0. The molecule has 2 aromatic rings. The van der Waals surface area contributed by atoms with Crippen molar-refractivity contribution in [1.29, 1.82) is 0 Å². The fourth-order valence-electron chi connectivity index (χ4n) is 3.37. The third-order valence-electron chi connectivity index (χ3n) is 4.83. The molecule has 0 N–H and O–H groups in total. The van der Waals surface area contributed by atoms with Crippen molar-refractivity contribution in [1.82, 2.24) is 10.1 Å². The zero-order valence-corrected chi connectivity index (χ0v) is 15.8. The second kappa shape index (κ2) is 7.81. The Morgan fingerprint density at radius 1 is 1.27 bits per heavy atom. The Balaban J connectivity index is 1.74. The lowest BCUT2D eigenvalue weighted by Crippen LogP contribution is -2.32. The van der Waals surface area contributed by atoms with Crippen LogP contribution in [0.5, 0.6) is 11.5 Å². The molecule has 0 bridgehead atoms. The van der Waals surface area contributed by atoms with Gasteiger partial charge in [0, 0.05) is 18.5 Å². The highest BCUT2D eigenvalue weighted by atomic mass is 16.5. The normalized spacial score (nSPS) is 17.0. The maximum Gasteiger partial charge on any atom is 0.227 e. The largest absolute Gasteiger partial charge is 0.493 e. The van der Waals surface area contributed by atoms with E-state index in [2.05, 4.69) is 19.0 Å². The van der Waals surface area contributed by atoms with E-state index in [1.807, 2.05) is 29.2 Å². The molecular formula is C20H26N2O4. The van der Waals surface area contributed by atoms with Gasteiger partial charge in [-0.25, -0.2) is 0 Å². The van der Waals surface area contributed by atoms with Crippen molar-refractivity contribution in [2.24, 2.45) is 0 Å². The molecule has 6 heteroatoms. The maximum atomic E-state index is 12.9. The summed E-state index contributed by atoms with van der Waals surface area (Å²) in [6, 6.07) is 7.57. The van der Waals surface area contributed by atoms with Gasteiger partial charge in [0.25, 0.3) is 0 Å². The van der Waals surface area contributed by atoms with E-state index < -0.39 is 0 Å². The van der Waals surface area contributed by atoms with Crippen LogP contribution in [0.25, 0.3) is 0 Å². The lowest BCUT2D eigenvalue weighted by Gasteiger charge is -2.23. The Kier molecular flexibility index (Phi) is 5.49. The Morgan fingerprint density at radius 3 is 2.69 bits per heavy atom. The number of methoxy groups -OCH3 is 2. The number of ether oxygens (including phenoxy) is 2. The number of benzene rings is 1. The van der Waals surface area contributed by atoms with E-state index in [0.29, 0.717) is 17.9 Å². The van der Waals surface area contributed by atoms with Crippen molar-refractivity contribution in [3.8, 4) is 11.5 Å². The van der Waals surface area contributed by atoms with E-state index in [1.165, 1.54) is 0 Å². The smallest absolute Gasteiger partial charge is 0.227 e. The first-order valence-electron chi connectivity index (χ1n) is 9.00. The minimum Gasteiger partial charge on any atom is -0.493 e. The average Bonchev–Trinajstić information content (AvgIpc) is 3.30. The molecular weight excluding hydrogens is 332 g/mol. The number of likely N-dealkylation sites (tertiary alicyclic amines) is 1. The number of aromatic nitrogens is 1. The van der Waals surface area contributed by atoms with Gasteiger partial charge in [-0.15, -0.1) is 0 Å². The Labute approximate surface area is 154 Å². The predicted octanol–water partition coefficient (Wildman–Crippen LogP) is 3.72. The van der Waals surface area contributed by atoms with Crippen molar-refractivity contribution in [3.05, 3.63) is 41.3 Å². The first-order valence-corrected chi connectivity index (χ1v) is 9.00. The second-order valence-electron chi connectivity index (χ2n) is 6.92. The summed E-state index contributed by atoms with van der Waals surface area (Å²) in [7, 11) is 3.19. The number of nitrogens with zero attached hydrogens (tertiary/aromatic N) is 2. The van der Waals surface area contributed by atoms with Gasteiger partial charge in [0.1, 0.15) is 11.5 Å². The SMILES string of the molecule is COc1ccc(CC(=O)N2CCCC2c2cc(C(C)C)on2)cc1OC. The van der Waals surface area contributed by atoms with Crippen LogP contribution in [0.1, 0.15) is 55.7 Å². The zero-order chi connectivity index (χ0) is 18.7. The maximum absolute atomic E-state index is 12.9. The molecule has 1 aliphatic heterocycles. The topological polar surface area (TPSA) is 64.8 Å². The quantitative estimate of drug-likeness (QED) is 0.787. The van der Waals surface area contributed by atoms with E-state index in [-0.39, 0.29) is 17.9 Å². The molecule has 0 radical (unpaired) electrons. The summed E-state index contributed by atoms with van der Waals surface area (Å²) in [5.41, 5.74) is 1.76. The molecule has 1 unspecified atom stereocenters. The van der Waals surface area contributed by atoms with E-state index in [4.69, 9.17) is 14.0 Å². The van der Waals surface area contributed by atoms with Crippen LogP contribution in [-0.2, 0) is 11.2 Å². The van der Waals surface area contributed by atoms with Gasteiger partial charge in [-0.05, 0) is 30.5 Å². The van der Waals surface area contributed by atoms with Crippen molar-refractivity contribution >= 4 is 5.91 Å². The number of rotatable bonds is 6. The third-order valence-corrected chi connectivity index (χ3v) is 4.83. The summed E-state index contributed by atoms with van der Waals surface area (Å²) in [6.07, 6.45) is 2.22. The molecule has 3 rings (SSSR count). The number of carbonyl (C=O) groups excluding carboxylic acids is 1. The number of hydrogen-bond acceptors (Lipinski definition) is 5. The molecule has 1 amide bonds. The van der Waals surface area contributed by atoms with Crippen LogP contribution in [0.2, 0.25) is 0 Å². The molecule has 1 aromatic carbocycles. The molecule has 1 atom stereocenters. The molecule has 140 valence electrons. The highest BCUT2D eigenvalue weighted by Crippen LogP contribution is 2.34. The number of amides is 1. The van der Waals surface area contributed by atoms with Gasteiger partial charge in [-0.1, -0.05) is 25.1 Å². The van der Waals surface area contributed by atoms with Crippen LogP contribution in [0.4, 0.5) is 0 Å². The second-order valence-corrected chi connectivity index (χ2v) is 6.92. The van der Waals surface area contributed by atoms with E-state index in [0.717, 1.165) is 36.4 Å². The molecule has 1 aromatic heterocycles. The zero-order valence-electron chi connectivity index (χ0n) is 15.8. The van der Waals surface area contributed by atoms with Crippen LogP contribution in [0, 0.1) is 0 Å². The first-order chi connectivity index (χ1) is 12.5. The molecule has 26 heavy (non-hydrogen) atoms. The summed E-state index contributed by atoms with van der Waals surface area (Å²) in [5, 5.41) is 4.20. The Hall–Kier alpha value is -2.50. The summed E-state index contributed by atoms with van der Waals surface area (Å²) >= 11 is 0. The van der Waals surface area contributed by atoms with E-state index in [1.54, 1.807) is 14.2 Å². The van der Waals surface area contributed by atoms with Crippen LogP contribution in [-0.4, -0.2) is 36.7 Å². The summed E-state index contributed by atoms with van der Waals surface area (Å²) in [5.74, 6) is 2.53. The van der Waals surface area contributed by atoms with Gasteiger partial charge in [0.15, 0.2) is 11.5 Å². The van der Waals surface area contributed by atoms with Crippen LogP contribution in [0.3, 0.4) is 0 Å². The van der Waals surface area contributed by atoms with E-state index in [9.17, 15) is 4.79 Å². The monoisotopic (exact) mass is 358 g/mol. The van der Waals surface area contributed by atoms with Crippen LogP contribution >= 0.6 is 0 Å². The minimum absolute atomic E-state index is 0.00102. The van der Waals surface area contributed by atoms with Gasteiger partial charge in [-0.3, -0.25) is 4.79 Å². The van der Waals surface area contributed by atoms with Crippen molar-refractivity contribution in [2.75, 3.05) is 20.8 Å². The highest BCUT2D eigenvalue weighted by molar-refractivity contribution is 5.79. The van der Waals surface area contributed by atoms with Gasteiger partial charge in [-0.2, -0.15) is 0 Å². The van der Waals surface area contributed by atoms with Gasteiger partial charge < -0.3 is 18.9 Å². The molecule has 1 saturated heterocycles. The fourth-order valence-corrected chi connectivity index (χ4v) is 3.37. The first kappa shape index (κ1) is 18.3. The van der Waals surface area contributed by atoms with Crippen LogP contribution < -0.4 is 9.47 Å². The third kappa shape index (κ3) is 3.69. The molecule has 1 aliphatic rings. The molecule has 0 aliphatic carbocycles. The summed E-state index contributed by atoms with van der Waals surface area (Å²) in [6.45, 7) is 4.89. The van der Waals surface area contributed by atoms with E-state index >= 15 is 0 Å². The molecule has 0 spiro atoms. The van der Waals surface area contributed by atoms with Gasteiger partial charge in [0.05, 0.1) is 26.7 Å².